The first-order valence-electron chi connectivity index (χ1n) is 6.66. The smallest absolute Gasteiger partial charge is 0.00430 e. The summed E-state index contributed by atoms with van der Waals surface area (Å²) in [5, 5.41) is 0. The molecule has 1 saturated carbocycles. The van der Waals surface area contributed by atoms with E-state index in [0.717, 1.165) is 5.75 Å². The molecule has 1 aliphatic carbocycles. The Morgan fingerprint density at radius 3 is 2.12 bits per heavy atom. The van der Waals surface area contributed by atoms with Crippen molar-refractivity contribution in [3.05, 3.63) is 0 Å². The first-order valence-corrected chi connectivity index (χ1v) is 7.30. The second-order valence-electron chi connectivity index (χ2n) is 6.95. The maximum absolute atomic E-state index is 4.61. The maximum Gasteiger partial charge on any atom is 0.00430 e. The van der Waals surface area contributed by atoms with Crippen LogP contribution in [0.3, 0.4) is 0 Å². The lowest BCUT2D eigenvalue weighted by atomic mass is 9.75. The van der Waals surface area contributed by atoms with Crippen molar-refractivity contribution in [1.29, 1.82) is 0 Å². The van der Waals surface area contributed by atoms with E-state index in [-0.39, 0.29) is 0 Å². The second kappa shape index (κ2) is 5.77. The molecule has 96 valence electrons. The van der Waals surface area contributed by atoms with E-state index in [1.807, 2.05) is 0 Å². The van der Waals surface area contributed by atoms with Gasteiger partial charge >= 0.3 is 0 Å². The first kappa shape index (κ1) is 14.4. The molecule has 1 rings (SSSR count). The van der Waals surface area contributed by atoms with Gasteiger partial charge in [0.2, 0.25) is 0 Å². The zero-order valence-corrected chi connectivity index (χ0v) is 12.4. The highest BCUT2D eigenvalue weighted by molar-refractivity contribution is 7.80. The van der Waals surface area contributed by atoms with Crippen LogP contribution in [0.1, 0.15) is 52.9 Å². The topological polar surface area (TPSA) is 3.24 Å². The molecule has 0 aliphatic heterocycles. The minimum atomic E-state index is 0.404. The summed E-state index contributed by atoms with van der Waals surface area (Å²) in [6, 6.07) is 0. The molecule has 0 aromatic carbocycles. The molecule has 0 saturated heterocycles. The molecule has 16 heavy (non-hydrogen) atoms. The Labute approximate surface area is 107 Å². The van der Waals surface area contributed by atoms with Crippen LogP contribution in [0.25, 0.3) is 0 Å². The third-order valence-electron chi connectivity index (χ3n) is 3.60. The number of thiol groups is 1. The van der Waals surface area contributed by atoms with Gasteiger partial charge in [0.25, 0.3) is 0 Å². The van der Waals surface area contributed by atoms with Gasteiger partial charge in [0.05, 0.1) is 0 Å². The lowest BCUT2D eigenvalue weighted by Gasteiger charge is -2.40. The minimum absolute atomic E-state index is 0.404. The number of hydrogen-bond acceptors (Lipinski definition) is 2. The van der Waals surface area contributed by atoms with Gasteiger partial charge in [0, 0.05) is 13.1 Å². The van der Waals surface area contributed by atoms with Gasteiger partial charge in [-0.25, -0.2) is 0 Å². The first-order chi connectivity index (χ1) is 7.37. The Kier molecular flexibility index (Phi) is 5.18. The van der Waals surface area contributed by atoms with Crippen molar-refractivity contribution in [3.8, 4) is 0 Å². The number of nitrogens with zero attached hydrogens (tertiary/aromatic N) is 1. The third kappa shape index (κ3) is 4.67. The van der Waals surface area contributed by atoms with Crippen molar-refractivity contribution in [3.63, 3.8) is 0 Å². The zero-order valence-electron chi connectivity index (χ0n) is 11.6. The summed E-state index contributed by atoms with van der Waals surface area (Å²) < 4.78 is 0. The predicted octanol–water partition coefficient (Wildman–Crippen LogP) is 3.84. The average molecular weight is 243 g/mol. The fourth-order valence-corrected chi connectivity index (χ4v) is 3.52. The Bertz CT molecular complexity index is 201. The van der Waals surface area contributed by atoms with Crippen LogP contribution in [0.5, 0.6) is 0 Å². The molecule has 0 radical (unpaired) electrons. The van der Waals surface area contributed by atoms with E-state index in [4.69, 9.17) is 0 Å². The third-order valence-corrected chi connectivity index (χ3v) is 4.27. The lowest BCUT2D eigenvalue weighted by molar-refractivity contribution is 0.119. The maximum atomic E-state index is 4.61. The molecule has 0 amide bonds. The van der Waals surface area contributed by atoms with Crippen molar-refractivity contribution in [2.75, 3.05) is 25.9 Å². The van der Waals surface area contributed by atoms with Crippen LogP contribution in [0.15, 0.2) is 0 Å². The molecule has 0 spiro atoms. The van der Waals surface area contributed by atoms with Crippen LogP contribution in [0.2, 0.25) is 0 Å². The summed E-state index contributed by atoms with van der Waals surface area (Å²) in [6.07, 6.45) is 7.00. The number of hydrogen-bond donors (Lipinski definition) is 1. The largest absolute Gasteiger partial charge is 0.305 e. The monoisotopic (exact) mass is 243 g/mol. The van der Waals surface area contributed by atoms with Crippen LogP contribution in [-0.2, 0) is 0 Å². The molecule has 0 unspecified atom stereocenters. The van der Waals surface area contributed by atoms with Crippen LogP contribution in [-0.4, -0.2) is 30.8 Å². The van der Waals surface area contributed by atoms with Crippen molar-refractivity contribution in [1.82, 2.24) is 4.90 Å². The lowest BCUT2D eigenvalue weighted by Crippen LogP contribution is -2.41. The van der Waals surface area contributed by atoms with Crippen molar-refractivity contribution >= 4 is 12.6 Å². The Balaban J connectivity index is 2.48. The van der Waals surface area contributed by atoms with E-state index in [1.54, 1.807) is 0 Å². The molecule has 1 aliphatic rings. The fourth-order valence-electron chi connectivity index (χ4n) is 3.11. The highest BCUT2D eigenvalue weighted by Crippen LogP contribution is 2.38. The van der Waals surface area contributed by atoms with E-state index >= 15 is 0 Å². The van der Waals surface area contributed by atoms with E-state index in [2.05, 4.69) is 45.3 Å². The molecule has 1 fully saturated rings. The average Bonchev–Trinajstić information content (AvgIpc) is 2.16. The quantitative estimate of drug-likeness (QED) is 0.734. The van der Waals surface area contributed by atoms with Crippen LogP contribution in [0.4, 0.5) is 0 Å². The van der Waals surface area contributed by atoms with E-state index < -0.39 is 0 Å². The summed E-state index contributed by atoms with van der Waals surface area (Å²) in [5.74, 6) is 1.06. The van der Waals surface area contributed by atoms with Gasteiger partial charge in [-0.05, 0) is 36.5 Å². The molecule has 0 atom stereocenters. The molecule has 0 N–H and O–H groups in total. The van der Waals surface area contributed by atoms with Gasteiger partial charge in [-0.15, -0.1) is 0 Å². The van der Waals surface area contributed by atoms with Crippen LogP contribution < -0.4 is 0 Å². The Morgan fingerprint density at radius 1 is 1.12 bits per heavy atom. The van der Waals surface area contributed by atoms with Crippen LogP contribution >= 0.6 is 12.6 Å². The summed E-state index contributed by atoms with van der Waals surface area (Å²) in [4.78, 5) is 2.52. The van der Waals surface area contributed by atoms with E-state index in [0.29, 0.717) is 10.8 Å². The normalized spacial score (nSPS) is 21.4. The van der Waals surface area contributed by atoms with Gasteiger partial charge < -0.3 is 4.90 Å². The van der Waals surface area contributed by atoms with Crippen molar-refractivity contribution < 1.29 is 0 Å². The predicted molar refractivity (Wildman–Crippen MR) is 76.3 cm³/mol. The standard InChI is InChI=1S/C14H29NS/c1-13(2,3)10-15(4)11-14(12-16)8-6-5-7-9-14/h16H,5-12H2,1-4H3. The molecular formula is C14H29NS. The van der Waals surface area contributed by atoms with Gasteiger partial charge in [-0.1, -0.05) is 40.0 Å². The number of rotatable bonds is 4. The summed E-state index contributed by atoms with van der Waals surface area (Å²) in [6.45, 7) is 9.36. The molecule has 1 nitrogen and oxygen atoms in total. The highest BCUT2D eigenvalue weighted by atomic mass is 32.1. The van der Waals surface area contributed by atoms with Gasteiger partial charge in [0.15, 0.2) is 0 Å². The Hall–Kier alpha value is 0.310. The van der Waals surface area contributed by atoms with E-state index in [1.165, 1.54) is 45.2 Å². The summed E-state index contributed by atoms with van der Waals surface area (Å²) >= 11 is 4.61. The molecule has 0 heterocycles. The van der Waals surface area contributed by atoms with Gasteiger partial charge in [0.1, 0.15) is 0 Å². The Morgan fingerprint density at radius 2 is 1.69 bits per heavy atom. The zero-order chi connectivity index (χ0) is 12.2. The summed E-state index contributed by atoms with van der Waals surface area (Å²) in [5.41, 5.74) is 0.905. The van der Waals surface area contributed by atoms with E-state index in [9.17, 15) is 0 Å². The molecule has 0 bridgehead atoms. The minimum Gasteiger partial charge on any atom is -0.305 e. The summed E-state index contributed by atoms with van der Waals surface area (Å²) in [7, 11) is 2.27. The fraction of sp³-hybridized carbons (Fsp3) is 1.00. The van der Waals surface area contributed by atoms with Crippen LogP contribution in [0, 0.1) is 10.8 Å². The second-order valence-corrected chi connectivity index (χ2v) is 7.27. The molecule has 2 heteroatoms. The molecule has 0 aromatic heterocycles. The highest BCUT2D eigenvalue weighted by Gasteiger charge is 2.32. The van der Waals surface area contributed by atoms with Crippen molar-refractivity contribution in [2.45, 2.75) is 52.9 Å². The van der Waals surface area contributed by atoms with Crippen molar-refractivity contribution in [2.24, 2.45) is 10.8 Å². The SMILES string of the molecule is CN(CC(C)(C)C)CC1(CS)CCCCC1. The van der Waals surface area contributed by atoms with Gasteiger partial charge in [-0.3, -0.25) is 0 Å². The molecular weight excluding hydrogens is 214 g/mol. The molecule has 0 aromatic rings. The van der Waals surface area contributed by atoms with Gasteiger partial charge in [-0.2, -0.15) is 12.6 Å².